The topological polar surface area (TPSA) is 72.5 Å². The molecule has 0 unspecified atom stereocenters. The van der Waals surface area contributed by atoms with E-state index in [1.54, 1.807) is 30.3 Å². The number of nitrogens with one attached hydrogen (secondary N) is 1. The number of thiophene rings is 1. The van der Waals surface area contributed by atoms with Gasteiger partial charge in [-0.25, -0.2) is 4.79 Å². The molecule has 0 saturated carbocycles. The second kappa shape index (κ2) is 9.68. The average molecular weight is 371 g/mol. The van der Waals surface area contributed by atoms with Crippen LogP contribution in [0.4, 0.5) is 5.69 Å². The molecule has 0 bridgehead atoms. The van der Waals surface area contributed by atoms with Crippen LogP contribution in [0.2, 0.25) is 0 Å². The SMILES string of the molecule is CCCC(=O)Nc1ccc(C(=O)COC(=O)/C=C/c2sccc2C)cc1. The van der Waals surface area contributed by atoms with Crippen molar-refractivity contribution in [3.05, 3.63) is 57.8 Å². The Labute approximate surface area is 156 Å². The fourth-order valence-corrected chi connectivity index (χ4v) is 2.98. The molecule has 0 radical (unpaired) electrons. The van der Waals surface area contributed by atoms with Crippen molar-refractivity contribution in [3.8, 4) is 0 Å². The second-order valence-electron chi connectivity index (χ2n) is 5.71. The zero-order valence-corrected chi connectivity index (χ0v) is 15.6. The number of Topliss-reactive ketones (excluding diaryl/α,β-unsaturated/α-hetero) is 1. The Balaban J connectivity index is 1.83. The quantitative estimate of drug-likeness (QED) is 0.428. The molecule has 1 amide bonds. The number of carbonyl (C=O) groups excluding carboxylic acids is 3. The van der Waals surface area contributed by atoms with E-state index >= 15 is 0 Å². The van der Waals surface area contributed by atoms with Gasteiger partial charge in [0.15, 0.2) is 12.4 Å². The first-order chi connectivity index (χ1) is 12.5. The largest absolute Gasteiger partial charge is 0.454 e. The van der Waals surface area contributed by atoms with E-state index in [0.717, 1.165) is 16.9 Å². The summed E-state index contributed by atoms with van der Waals surface area (Å²) in [5.74, 6) is -0.923. The molecule has 1 aromatic heterocycles. The Hall–Kier alpha value is -2.73. The van der Waals surface area contributed by atoms with E-state index in [2.05, 4.69) is 5.32 Å². The molecule has 1 aromatic carbocycles. The van der Waals surface area contributed by atoms with Gasteiger partial charge in [0, 0.05) is 28.6 Å². The second-order valence-corrected chi connectivity index (χ2v) is 6.66. The van der Waals surface area contributed by atoms with Crippen LogP contribution in [-0.4, -0.2) is 24.3 Å². The normalized spacial score (nSPS) is 10.7. The Kier molecular flexibility index (Phi) is 7.29. The number of ketones is 1. The molecule has 0 saturated heterocycles. The highest BCUT2D eigenvalue weighted by Gasteiger charge is 2.09. The van der Waals surface area contributed by atoms with Gasteiger partial charge in [-0.2, -0.15) is 0 Å². The van der Waals surface area contributed by atoms with Crippen molar-refractivity contribution in [3.63, 3.8) is 0 Å². The zero-order valence-electron chi connectivity index (χ0n) is 14.8. The fourth-order valence-electron chi connectivity index (χ4n) is 2.16. The smallest absolute Gasteiger partial charge is 0.331 e. The Morgan fingerprint density at radius 3 is 2.50 bits per heavy atom. The molecule has 5 nitrogen and oxygen atoms in total. The summed E-state index contributed by atoms with van der Waals surface area (Å²) in [6.07, 6.45) is 4.22. The first kappa shape index (κ1) is 19.6. The van der Waals surface area contributed by atoms with Crippen molar-refractivity contribution in [1.82, 2.24) is 0 Å². The van der Waals surface area contributed by atoms with Gasteiger partial charge in [-0.15, -0.1) is 11.3 Å². The standard InChI is InChI=1S/C20H21NO4S/c1-3-4-19(23)21-16-7-5-15(6-8-16)17(22)13-25-20(24)10-9-18-14(2)11-12-26-18/h5-12H,3-4,13H2,1-2H3,(H,21,23)/b10-9+. The maximum atomic E-state index is 12.1. The van der Waals surface area contributed by atoms with Crippen LogP contribution < -0.4 is 5.32 Å². The van der Waals surface area contributed by atoms with E-state index < -0.39 is 5.97 Å². The highest BCUT2D eigenvalue weighted by Crippen LogP contribution is 2.17. The Morgan fingerprint density at radius 1 is 1.15 bits per heavy atom. The van der Waals surface area contributed by atoms with Crippen LogP contribution in [0.3, 0.4) is 0 Å². The molecule has 0 aliphatic rings. The first-order valence-corrected chi connectivity index (χ1v) is 9.19. The predicted molar refractivity (Wildman–Crippen MR) is 103 cm³/mol. The lowest BCUT2D eigenvalue weighted by molar-refractivity contribution is -0.136. The van der Waals surface area contributed by atoms with Crippen LogP contribution in [0.15, 0.2) is 41.8 Å². The number of carbonyl (C=O) groups is 3. The number of esters is 1. The van der Waals surface area contributed by atoms with Crippen LogP contribution in [0.25, 0.3) is 6.08 Å². The van der Waals surface area contributed by atoms with Gasteiger partial charge >= 0.3 is 5.97 Å². The molecule has 0 aliphatic heterocycles. The van der Waals surface area contributed by atoms with Gasteiger partial charge in [0.2, 0.25) is 5.91 Å². The maximum absolute atomic E-state index is 12.1. The van der Waals surface area contributed by atoms with Crippen LogP contribution in [0.1, 0.15) is 40.6 Å². The van der Waals surface area contributed by atoms with Crippen molar-refractivity contribution in [2.75, 3.05) is 11.9 Å². The molecular weight excluding hydrogens is 350 g/mol. The third-order valence-electron chi connectivity index (χ3n) is 3.59. The maximum Gasteiger partial charge on any atom is 0.331 e. The van der Waals surface area contributed by atoms with Gasteiger partial charge in [-0.05, 0) is 60.7 Å². The van der Waals surface area contributed by atoms with Crippen molar-refractivity contribution in [1.29, 1.82) is 0 Å². The summed E-state index contributed by atoms with van der Waals surface area (Å²) in [5.41, 5.74) is 2.14. The Bertz CT molecular complexity index is 805. The van der Waals surface area contributed by atoms with Crippen LogP contribution in [0.5, 0.6) is 0 Å². The molecule has 0 fully saturated rings. The third-order valence-corrected chi connectivity index (χ3v) is 4.57. The number of hydrogen-bond acceptors (Lipinski definition) is 5. The molecule has 26 heavy (non-hydrogen) atoms. The molecule has 1 heterocycles. The van der Waals surface area contributed by atoms with Gasteiger partial charge in [-0.3, -0.25) is 9.59 Å². The predicted octanol–water partition coefficient (Wildman–Crippen LogP) is 4.23. The fraction of sp³-hybridized carbons (Fsp3) is 0.250. The number of aryl methyl sites for hydroxylation is 1. The number of anilines is 1. The molecule has 0 atom stereocenters. The summed E-state index contributed by atoms with van der Waals surface area (Å²) in [7, 11) is 0. The number of hydrogen-bond donors (Lipinski definition) is 1. The average Bonchev–Trinajstić information content (AvgIpc) is 3.03. The lowest BCUT2D eigenvalue weighted by Gasteiger charge is -2.06. The summed E-state index contributed by atoms with van der Waals surface area (Å²) < 4.78 is 4.98. The van der Waals surface area contributed by atoms with Crippen molar-refractivity contribution in [2.45, 2.75) is 26.7 Å². The summed E-state index contributed by atoms with van der Waals surface area (Å²) in [5, 5.41) is 4.69. The van der Waals surface area contributed by atoms with Crippen molar-refractivity contribution < 1.29 is 19.1 Å². The van der Waals surface area contributed by atoms with E-state index in [1.807, 2.05) is 25.3 Å². The number of ether oxygens (including phenoxy) is 1. The van der Waals surface area contributed by atoms with Gasteiger partial charge in [0.05, 0.1) is 0 Å². The Morgan fingerprint density at radius 2 is 1.88 bits per heavy atom. The van der Waals surface area contributed by atoms with Gasteiger partial charge in [-0.1, -0.05) is 6.92 Å². The summed E-state index contributed by atoms with van der Waals surface area (Å²) in [6, 6.07) is 8.48. The van der Waals surface area contributed by atoms with E-state index in [0.29, 0.717) is 17.7 Å². The third kappa shape index (κ3) is 5.97. The van der Waals surface area contributed by atoms with E-state index in [1.165, 1.54) is 17.4 Å². The van der Waals surface area contributed by atoms with Gasteiger partial charge in [0.25, 0.3) is 0 Å². The van der Waals surface area contributed by atoms with Gasteiger partial charge in [0.1, 0.15) is 0 Å². The minimum atomic E-state index is -0.561. The lowest BCUT2D eigenvalue weighted by atomic mass is 10.1. The van der Waals surface area contributed by atoms with E-state index in [9.17, 15) is 14.4 Å². The van der Waals surface area contributed by atoms with Crippen LogP contribution in [-0.2, 0) is 14.3 Å². The summed E-state index contributed by atoms with van der Waals surface area (Å²) in [6.45, 7) is 3.56. The molecule has 2 rings (SSSR count). The summed E-state index contributed by atoms with van der Waals surface area (Å²) >= 11 is 1.53. The molecule has 0 aliphatic carbocycles. The van der Waals surface area contributed by atoms with Crippen molar-refractivity contribution >= 4 is 40.8 Å². The monoisotopic (exact) mass is 371 g/mol. The molecule has 0 spiro atoms. The van der Waals surface area contributed by atoms with Crippen LogP contribution >= 0.6 is 11.3 Å². The van der Waals surface area contributed by atoms with E-state index in [4.69, 9.17) is 4.74 Å². The highest BCUT2D eigenvalue weighted by atomic mass is 32.1. The zero-order chi connectivity index (χ0) is 18.9. The number of benzene rings is 1. The molecule has 136 valence electrons. The van der Waals surface area contributed by atoms with Gasteiger partial charge < -0.3 is 10.1 Å². The minimum Gasteiger partial charge on any atom is -0.454 e. The lowest BCUT2D eigenvalue weighted by Crippen LogP contribution is -2.13. The number of rotatable bonds is 8. The van der Waals surface area contributed by atoms with Crippen molar-refractivity contribution in [2.24, 2.45) is 0 Å². The van der Waals surface area contributed by atoms with Crippen LogP contribution in [0, 0.1) is 6.92 Å². The molecule has 2 aromatic rings. The number of amides is 1. The molecule has 6 heteroatoms. The molecule has 1 N–H and O–H groups in total. The molecular formula is C20H21NO4S. The highest BCUT2D eigenvalue weighted by molar-refractivity contribution is 7.11. The van der Waals surface area contributed by atoms with E-state index in [-0.39, 0.29) is 18.3 Å². The summed E-state index contributed by atoms with van der Waals surface area (Å²) in [4.78, 5) is 36.3. The first-order valence-electron chi connectivity index (χ1n) is 8.31. The minimum absolute atomic E-state index is 0.0618.